The van der Waals surface area contributed by atoms with E-state index in [1.807, 2.05) is 29.2 Å². The standard InChI is InChI=1S/C17H21ClN2O2/c1-19-10-8-13(11-16(19)21)17(22)20-9-2-3-15(20)12-4-6-14(18)7-5-12/h4-7,13,15H,2-3,8-11H2,1H3/t13-,15-/m1/s1. The van der Waals surface area contributed by atoms with Crippen LogP contribution in [0.3, 0.4) is 0 Å². The fourth-order valence-corrected chi connectivity index (χ4v) is 3.58. The monoisotopic (exact) mass is 320 g/mol. The fraction of sp³-hybridized carbons (Fsp3) is 0.529. The molecule has 0 N–H and O–H groups in total. The molecule has 22 heavy (non-hydrogen) atoms. The maximum Gasteiger partial charge on any atom is 0.226 e. The minimum atomic E-state index is -0.156. The summed E-state index contributed by atoms with van der Waals surface area (Å²) in [4.78, 5) is 28.4. The molecule has 0 spiro atoms. The molecule has 1 aromatic carbocycles. The number of nitrogens with zero attached hydrogens (tertiary/aromatic N) is 2. The van der Waals surface area contributed by atoms with Gasteiger partial charge < -0.3 is 9.80 Å². The van der Waals surface area contributed by atoms with E-state index in [9.17, 15) is 9.59 Å². The van der Waals surface area contributed by atoms with E-state index in [2.05, 4.69) is 0 Å². The van der Waals surface area contributed by atoms with Gasteiger partial charge in [0.25, 0.3) is 0 Å². The highest BCUT2D eigenvalue weighted by Crippen LogP contribution is 2.35. The van der Waals surface area contributed by atoms with Crippen molar-refractivity contribution < 1.29 is 9.59 Å². The molecule has 3 rings (SSSR count). The zero-order chi connectivity index (χ0) is 15.7. The van der Waals surface area contributed by atoms with E-state index in [4.69, 9.17) is 11.6 Å². The van der Waals surface area contributed by atoms with Gasteiger partial charge in [0, 0.05) is 37.5 Å². The van der Waals surface area contributed by atoms with E-state index in [1.54, 1.807) is 11.9 Å². The third-order valence-corrected chi connectivity index (χ3v) is 5.05. The van der Waals surface area contributed by atoms with Crippen LogP contribution in [0.2, 0.25) is 5.02 Å². The number of halogens is 1. The van der Waals surface area contributed by atoms with Crippen LogP contribution in [0.25, 0.3) is 0 Å². The van der Waals surface area contributed by atoms with Gasteiger partial charge in [-0.3, -0.25) is 9.59 Å². The smallest absolute Gasteiger partial charge is 0.226 e. The maximum atomic E-state index is 12.8. The van der Waals surface area contributed by atoms with Gasteiger partial charge in [0.2, 0.25) is 11.8 Å². The Balaban J connectivity index is 1.74. The molecular formula is C17H21ClN2O2. The zero-order valence-corrected chi connectivity index (χ0v) is 13.6. The minimum Gasteiger partial charge on any atom is -0.346 e. The van der Waals surface area contributed by atoms with Crippen molar-refractivity contribution in [2.24, 2.45) is 5.92 Å². The Hall–Kier alpha value is -1.55. The average molecular weight is 321 g/mol. The van der Waals surface area contributed by atoms with Crippen molar-refractivity contribution in [3.8, 4) is 0 Å². The summed E-state index contributed by atoms with van der Waals surface area (Å²) in [5.41, 5.74) is 1.13. The Labute approximate surface area is 136 Å². The van der Waals surface area contributed by atoms with Gasteiger partial charge in [-0.15, -0.1) is 0 Å². The maximum absolute atomic E-state index is 12.8. The van der Waals surface area contributed by atoms with Crippen LogP contribution in [0.15, 0.2) is 24.3 Å². The number of amides is 2. The van der Waals surface area contributed by atoms with Gasteiger partial charge in [0.05, 0.1) is 6.04 Å². The number of rotatable bonds is 2. The summed E-state index contributed by atoms with van der Waals surface area (Å²) in [5, 5.41) is 0.709. The summed E-state index contributed by atoms with van der Waals surface area (Å²) in [5.74, 6) is 0.0577. The van der Waals surface area contributed by atoms with Crippen molar-refractivity contribution in [1.82, 2.24) is 9.80 Å². The van der Waals surface area contributed by atoms with E-state index < -0.39 is 0 Å². The third-order valence-electron chi connectivity index (χ3n) is 4.80. The lowest BCUT2D eigenvalue weighted by molar-refractivity contribution is -0.145. The number of likely N-dealkylation sites (tertiary alicyclic amines) is 2. The van der Waals surface area contributed by atoms with Crippen LogP contribution < -0.4 is 0 Å². The first-order chi connectivity index (χ1) is 10.6. The van der Waals surface area contributed by atoms with Crippen molar-refractivity contribution in [2.75, 3.05) is 20.1 Å². The van der Waals surface area contributed by atoms with Crippen LogP contribution in [-0.2, 0) is 9.59 Å². The van der Waals surface area contributed by atoms with Gasteiger partial charge in [-0.1, -0.05) is 23.7 Å². The Morgan fingerprint density at radius 1 is 1.18 bits per heavy atom. The molecular weight excluding hydrogens is 300 g/mol. The molecule has 1 aromatic rings. The number of carbonyl (C=O) groups is 2. The minimum absolute atomic E-state index is 0.0758. The molecule has 2 heterocycles. The van der Waals surface area contributed by atoms with Crippen LogP contribution in [0, 0.1) is 5.92 Å². The molecule has 2 amide bonds. The molecule has 5 heteroatoms. The van der Waals surface area contributed by atoms with Crippen molar-refractivity contribution in [3.63, 3.8) is 0 Å². The lowest BCUT2D eigenvalue weighted by Gasteiger charge is -2.33. The normalized spacial score (nSPS) is 25.6. The predicted octanol–water partition coefficient (Wildman–Crippen LogP) is 2.87. The molecule has 2 aliphatic heterocycles. The first-order valence-corrected chi connectivity index (χ1v) is 8.24. The number of hydrogen-bond donors (Lipinski definition) is 0. The Bertz CT molecular complexity index is 573. The third kappa shape index (κ3) is 2.98. The van der Waals surface area contributed by atoms with Crippen LogP contribution in [0.5, 0.6) is 0 Å². The molecule has 4 nitrogen and oxygen atoms in total. The molecule has 2 saturated heterocycles. The van der Waals surface area contributed by atoms with Gasteiger partial charge in [0.15, 0.2) is 0 Å². The van der Waals surface area contributed by atoms with Crippen molar-refractivity contribution in [3.05, 3.63) is 34.9 Å². The quantitative estimate of drug-likeness (QED) is 0.840. The topological polar surface area (TPSA) is 40.6 Å². The van der Waals surface area contributed by atoms with Crippen molar-refractivity contribution in [2.45, 2.75) is 31.7 Å². The molecule has 0 radical (unpaired) electrons. The van der Waals surface area contributed by atoms with Gasteiger partial charge >= 0.3 is 0 Å². The van der Waals surface area contributed by atoms with E-state index in [0.29, 0.717) is 18.0 Å². The lowest BCUT2D eigenvalue weighted by atomic mass is 9.94. The average Bonchev–Trinajstić information content (AvgIpc) is 2.99. The zero-order valence-electron chi connectivity index (χ0n) is 12.8. The molecule has 0 aliphatic carbocycles. The number of carbonyl (C=O) groups excluding carboxylic acids is 2. The summed E-state index contributed by atoms with van der Waals surface area (Å²) in [7, 11) is 1.80. The van der Waals surface area contributed by atoms with E-state index >= 15 is 0 Å². The molecule has 0 saturated carbocycles. The largest absolute Gasteiger partial charge is 0.346 e. The molecule has 118 valence electrons. The summed E-state index contributed by atoms with van der Waals surface area (Å²) >= 11 is 5.95. The second-order valence-corrected chi connectivity index (χ2v) is 6.68. The molecule has 2 fully saturated rings. The van der Waals surface area contributed by atoms with Gasteiger partial charge in [-0.25, -0.2) is 0 Å². The molecule has 2 aliphatic rings. The van der Waals surface area contributed by atoms with Gasteiger partial charge in [-0.2, -0.15) is 0 Å². The lowest BCUT2D eigenvalue weighted by Crippen LogP contribution is -2.43. The molecule has 0 unspecified atom stereocenters. The highest BCUT2D eigenvalue weighted by molar-refractivity contribution is 6.30. The predicted molar refractivity (Wildman–Crippen MR) is 85.5 cm³/mol. The van der Waals surface area contributed by atoms with Crippen LogP contribution in [0.4, 0.5) is 0 Å². The number of benzene rings is 1. The summed E-state index contributed by atoms with van der Waals surface area (Å²) < 4.78 is 0. The van der Waals surface area contributed by atoms with E-state index in [0.717, 1.165) is 31.4 Å². The molecule has 0 aromatic heterocycles. The van der Waals surface area contributed by atoms with Crippen LogP contribution in [0.1, 0.15) is 37.3 Å². The summed E-state index contributed by atoms with van der Waals surface area (Å²) in [6, 6.07) is 7.87. The number of piperidine rings is 1. The van der Waals surface area contributed by atoms with Gasteiger partial charge in [0.1, 0.15) is 0 Å². The first-order valence-electron chi connectivity index (χ1n) is 7.86. The Kier molecular flexibility index (Phi) is 4.39. The Morgan fingerprint density at radius 3 is 2.59 bits per heavy atom. The number of hydrogen-bond acceptors (Lipinski definition) is 2. The first kappa shape index (κ1) is 15.3. The summed E-state index contributed by atoms with van der Waals surface area (Å²) in [6.45, 7) is 1.46. The second kappa shape index (κ2) is 6.29. The van der Waals surface area contributed by atoms with Crippen molar-refractivity contribution >= 4 is 23.4 Å². The SMILES string of the molecule is CN1CC[C@@H](C(=O)N2CCC[C@@H]2c2ccc(Cl)cc2)CC1=O. The van der Waals surface area contributed by atoms with Crippen LogP contribution in [-0.4, -0.2) is 41.8 Å². The second-order valence-electron chi connectivity index (χ2n) is 6.25. The van der Waals surface area contributed by atoms with E-state index in [-0.39, 0.29) is 23.8 Å². The Morgan fingerprint density at radius 2 is 1.91 bits per heavy atom. The highest BCUT2D eigenvalue weighted by atomic mass is 35.5. The molecule has 2 atom stereocenters. The van der Waals surface area contributed by atoms with Crippen molar-refractivity contribution in [1.29, 1.82) is 0 Å². The van der Waals surface area contributed by atoms with E-state index in [1.165, 1.54) is 0 Å². The fourth-order valence-electron chi connectivity index (χ4n) is 3.45. The highest BCUT2D eigenvalue weighted by Gasteiger charge is 2.36. The summed E-state index contributed by atoms with van der Waals surface area (Å²) in [6.07, 6.45) is 3.11. The molecule has 0 bridgehead atoms. The van der Waals surface area contributed by atoms with Gasteiger partial charge in [-0.05, 0) is 37.0 Å². The van der Waals surface area contributed by atoms with Crippen LogP contribution >= 0.6 is 11.6 Å².